The summed E-state index contributed by atoms with van der Waals surface area (Å²) in [7, 11) is -4.23. The van der Waals surface area contributed by atoms with Crippen molar-refractivity contribution in [2.24, 2.45) is 5.73 Å². The predicted molar refractivity (Wildman–Crippen MR) is 180 cm³/mol. The summed E-state index contributed by atoms with van der Waals surface area (Å²) in [4.78, 5) is 51.7. The molecule has 3 aromatic rings. The van der Waals surface area contributed by atoms with Crippen LogP contribution in [0.2, 0.25) is 0 Å². The molecule has 0 aliphatic heterocycles. The quantitative estimate of drug-likeness (QED) is 0.0628. The van der Waals surface area contributed by atoms with E-state index in [1.807, 2.05) is 29.1 Å². The van der Waals surface area contributed by atoms with E-state index in [-0.39, 0.29) is 19.4 Å². The van der Waals surface area contributed by atoms with Crippen LogP contribution < -0.4 is 32.3 Å². The maximum Gasteiger partial charge on any atom is 0.327 e. The van der Waals surface area contributed by atoms with Crippen LogP contribution in [0.3, 0.4) is 0 Å². The van der Waals surface area contributed by atoms with E-state index in [4.69, 9.17) is 15.5 Å². The third-order valence-electron chi connectivity index (χ3n) is 7.91. The number of nitrogens with one attached hydrogen (secondary N) is 5. The number of fused-ring (bicyclic) bond motifs is 1. The van der Waals surface area contributed by atoms with Gasteiger partial charge in [0, 0.05) is 30.9 Å². The Kier molecular flexibility index (Phi) is 14.5. The molecule has 0 spiro atoms. The SMILES string of the molecule is N[C@@H](CCC(=O)Nc1nc(NCc2cn(CCCNCCCNC3CCCCC3)nn2)nc2ccccc12)C(=O)NCCP(=O)(O)O. The number of anilines is 2. The summed E-state index contributed by atoms with van der Waals surface area (Å²) in [5, 5.41) is 24.6. The number of nitrogens with two attached hydrogens (primary N) is 1. The van der Waals surface area contributed by atoms with Gasteiger partial charge in [0.1, 0.15) is 11.5 Å². The van der Waals surface area contributed by atoms with Crippen molar-refractivity contribution in [2.75, 3.05) is 43.0 Å². The second kappa shape index (κ2) is 18.7. The molecule has 1 fully saturated rings. The van der Waals surface area contributed by atoms with Gasteiger partial charge in [0.25, 0.3) is 0 Å². The number of benzene rings is 1. The predicted octanol–water partition coefficient (Wildman–Crippen LogP) is 1.47. The summed E-state index contributed by atoms with van der Waals surface area (Å²) < 4.78 is 12.8. The molecule has 2 aromatic heterocycles. The largest absolute Gasteiger partial charge is 0.354 e. The summed E-state index contributed by atoms with van der Waals surface area (Å²) in [6, 6.07) is 6.95. The van der Waals surface area contributed by atoms with E-state index in [9.17, 15) is 14.2 Å². The van der Waals surface area contributed by atoms with E-state index in [1.165, 1.54) is 32.1 Å². The number of para-hydroxylation sites is 1. The molecule has 1 aliphatic rings. The fraction of sp³-hybridized carbons (Fsp3) is 0.600. The molecule has 47 heavy (non-hydrogen) atoms. The normalized spacial score (nSPS) is 14.6. The Morgan fingerprint density at radius 2 is 1.83 bits per heavy atom. The van der Waals surface area contributed by atoms with Crippen LogP contribution >= 0.6 is 7.60 Å². The number of carbonyl (C=O) groups is 2. The standard InChI is InChI=1S/C30H48N11O5P/c31-25(29(43)34-17-19-47(44,45)46)12-13-27(42)37-28-24-10-4-5-11-26(24)36-30(38-28)35-20-23-21-41(40-39-23)18-7-15-32-14-6-16-33-22-8-2-1-3-9-22/h4-5,10-11,21-22,25,32-33H,1-3,6-9,12-20,31H2,(H,34,43)(H2,44,45,46)(H2,35,36,37,38,42)/t25-/m0/s1. The van der Waals surface area contributed by atoms with Gasteiger partial charge in [-0.1, -0.05) is 36.6 Å². The molecule has 0 radical (unpaired) electrons. The van der Waals surface area contributed by atoms with Crippen molar-refractivity contribution < 1.29 is 23.9 Å². The van der Waals surface area contributed by atoms with Gasteiger partial charge in [-0.2, -0.15) is 4.98 Å². The van der Waals surface area contributed by atoms with E-state index in [0.29, 0.717) is 35.3 Å². The molecule has 9 N–H and O–H groups in total. The zero-order valence-electron chi connectivity index (χ0n) is 26.7. The summed E-state index contributed by atoms with van der Waals surface area (Å²) >= 11 is 0. The van der Waals surface area contributed by atoms with E-state index >= 15 is 0 Å². The number of aryl methyl sites for hydroxylation is 1. The smallest absolute Gasteiger partial charge is 0.327 e. The second-order valence-electron chi connectivity index (χ2n) is 11.9. The Hall–Kier alpha value is -3.53. The van der Waals surface area contributed by atoms with Crippen LogP contribution in [0.1, 0.15) is 63.5 Å². The van der Waals surface area contributed by atoms with Gasteiger partial charge >= 0.3 is 7.60 Å². The number of aromatic nitrogens is 5. The third kappa shape index (κ3) is 13.2. The first-order valence-electron chi connectivity index (χ1n) is 16.4. The number of rotatable bonds is 20. The zero-order valence-corrected chi connectivity index (χ0v) is 27.6. The fourth-order valence-electron chi connectivity index (χ4n) is 5.33. The average molecular weight is 674 g/mol. The molecule has 4 rings (SSSR count). The summed E-state index contributed by atoms with van der Waals surface area (Å²) in [5.41, 5.74) is 7.21. The minimum atomic E-state index is -4.23. The van der Waals surface area contributed by atoms with Gasteiger partial charge in [-0.3, -0.25) is 18.8 Å². The Balaban J connectivity index is 1.18. The van der Waals surface area contributed by atoms with Crippen molar-refractivity contribution in [1.82, 2.24) is 40.9 Å². The van der Waals surface area contributed by atoms with Crippen LogP contribution in [-0.2, 0) is 27.2 Å². The van der Waals surface area contributed by atoms with E-state index in [1.54, 1.807) is 6.07 Å². The first-order valence-corrected chi connectivity index (χ1v) is 18.2. The van der Waals surface area contributed by atoms with Crippen LogP contribution in [0.5, 0.6) is 0 Å². The Labute approximate surface area is 274 Å². The summed E-state index contributed by atoms with van der Waals surface area (Å²) in [5.74, 6) is -0.376. The first kappa shape index (κ1) is 36.3. The molecule has 1 atom stereocenters. The molecular formula is C30H48N11O5P. The van der Waals surface area contributed by atoms with Crippen molar-refractivity contribution in [3.8, 4) is 0 Å². The van der Waals surface area contributed by atoms with Crippen molar-refractivity contribution in [3.05, 3.63) is 36.2 Å². The average Bonchev–Trinajstić information content (AvgIpc) is 3.51. The lowest BCUT2D eigenvalue weighted by atomic mass is 9.95. The Morgan fingerprint density at radius 3 is 2.64 bits per heavy atom. The number of amides is 2. The fourth-order valence-corrected chi connectivity index (χ4v) is 5.74. The minimum Gasteiger partial charge on any atom is -0.354 e. The second-order valence-corrected chi connectivity index (χ2v) is 13.6. The lowest BCUT2D eigenvalue weighted by Gasteiger charge is -2.22. The maximum absolute atomic E-state index is 12.7. The van der Waals surface area contributed by atoms with Crippen molar-refractivity contribution in [3.63, 3.8) is 0 Å². The number of carbonyl (C=O) groups excluding carboxylic acids is 2. The molecule has 0 bridgehead atoms. The first-order chi connectivity index (χ1) is 22.7. The zero-order chi connectivity index (χ0) is 33.5. The molecule has 16 nitrogen and oxygen atoms in total. The van der Waals surface area contributed by atoms with Gasteiger partial charge in [-0.25, -0.2) is 4.98 Å². The molecule has 1 aromatic carbocycles. The van der Waals surface area contributed by atoms with E-state index in [0.717, 1.165) is 44.7 Å². The molecule has 1 saturated carbocycles. The molecule has 0 saturated heterocycles. The lowest BCUT2D eigenvalue weighted by Crippen LogP contribution is -2.42. The summed E-state index contributed by atoms with van der Waals surface area (Å²) in [6.45, 7) is 3.85. The maximum atomic E-state index is 12.7. The van der Waals surface area contributed by atoms with Gasteiger partial charge in [-0.15, -0.1) is 5.10 Å². The van der Waals surface area contributed by atoms with Crippen LogP contribution in [-0.4, -0.2) is 91.0 Å². The Morgan fingerprint density at radius 1 is 1.04 bits per heavy atom. The van der Waals surface area contributed by atoms with Gasteiger partial charge < -0.3 is 42.1 Å². The summed E-state index contributed by atoms with van der Waals surface area (Å²) in [6.07, 6.45) is 10.1. The molecule has 1 aliphatic carbocycles. The molecule has 0 unspecified atom stereocenters. The van der Waals surface area contributed by atoms with E-state index in [2.05, 4.69) is 46.9 Å². The van der Waals surface area contributed by atoms with Crippen LogP contribution in [0.4, 0.5) is 11.8 Å². The van der Waals surface area contributed by atoms with Gasteiger partial charge in [0.05, 0.1) is 30.5 Å². The Bertz CT molecular complexity index is 1480. The molecular weight excluding hydrogens is 625 g/mol. The van der Waals surface area contributed by atoms with E-state index < -0.39 is 31.6 Å². The van der Waals surface area contributed by atoms with Crippen molar-refractivity contribution in [1.29, 1.82) is 0 Å². The lowest BCUT2D eigenvalue weighted by molar-refractivity contribution is -0.122. The van der Waals surface area contributed by atoms with Crippen molar-refractivity contribution in [2.45, 2.75) is 83.0 Å². The molecule has 2 amide bonds. The van der Waals surface area contributed by atoms with Gasteiger partial charge in [-0.05, 0) is 63.9 Å². The van der Waals surface area contributed by atoms with Crippen LogP contribution in [0, 0.1) is 0 Å². The topological polar surface area (TPSA) is 234 Å². The van der Waals surface area contributed by atoms with Gasteiger partial charge in [0.15, 0.2) is 0 Å². The molecule has 258 valence electrons. The van der Waals surface area contributed by atoms with Crippen molar-refractivity contribution >= 4 is 42.1 Å². The highest BCUT2D eigenvalue weighted by atomic mass is 31.2. The third-order valence-corrected chi connectivity index (χ3v) is 8.71. The number of nitrogens with zero attached hydrogens (tertiary/aromatic N) is 5. The monoisotopic (exact) mass is 673 g/mol. The van der Waals surface area contributed by atoms with Gasteiger partial charge in [0.2, 0.25) is 17.8 Å². The molecule has 17 heteroatoms. The highest BCUT2D eigenvalue weighted by Crippen LogP contribution is 2.32. The van der Waals surface area contributed by atoms with Crippen LogP contribution in [0.25, 0.3) is 10.9 Å². The molecule has 2 heterocycles. The number of hydrogen-bond acceptors (Lipinski definition) is 11. The van der Waals surface area contributed by atoms with Crippen LogP contribution in [0.15, 0.2) is 30.5 Å². The highest BCUT2D eigenvalue weighted by Gasteiger charge is 2.19. The number of hydrogen-bond donors (Lipinski definition) is 8. The highest BCUT2D eigenvalue weighted by molar-refractivity contribution is 7.51. The minimum absolute atomic E-state index is 0.0330.